The number of benzene rings is 1. The lowest BCUT2D eigenvalue weighted by molar-refractivity contribution is -0.123. The van der Waals surface area contributed by atoms with Crippen LogP contribution in [-0.4, -0.2) is 42.0 Å². The molecule has 0 aromatic heterocycles. The van der Waals surface area contributed by atoms with Crippen LogP contribution in [0.2, 0.25) is 0 Å². The minimum atomic E-state index is -0.516. The number of para-hydroxylation sites is 1. The lowest BCUT2D eigenvalue weighted by Crippen LogP contribution is -2.48. The number of morpholine rings is 1. The van der Waals surface area contributed by atoms with Crippen LogP contribution in [0, 0.1) is 5.41 Å². The summed E-state index contributed by atoms with van der Waals surface area (Å²) in [6, 6.07) is 7.16. The molecule has 2 rings (SSSR count). The molecule has 1 aromatic rings. The van der Waals surface area contributed by atoms with Gasteiger partial charge in [-0.1, -0.05) is 32.9 Å². The number of carbonyl (C=O) groups is 2. The van der Waals surface area contributed by atoms with E-state index in [1.807, 2.05) is 46.8 Å². The third-order valence-electron chi connectivity index (χ3n) is 3.79. The molecule has 23 heavy (non-hydrogen) atoms. The number of carbonyl (C=O) groups excluding carboxylic acids is 2. The Balaban J connectivity index is 2.22. The van der Waals surface area contributed by atoms with Gasteiger partial charge in [-0.05, 0) is 26.0 Å². The highest BCUT2D eigenvalue weighted by Gasteiger charge is 2.29. The van der Waals surface area contributed by atoms with Crippen molar-refractivity contribution in [2.24, 2.45) is 5.41 Å². The van der Waals surface area contributed by atoms with Crippen LogP contribution in [0.5, 0.6) is 0 Å². The van der Waals surface area contributed by atoms with Gasteiger partial charge in [0.2, 0.25) is 5.91 Å². The zero-order chi connectivity index (χ0) is 17.2. The predicted octanol–water partition coefficient (Wildman–Crippen LogP) is 2.92. The van der Waals surface area contributed by atoms with Crippen LogP contribution < -0.4 is 5.32 Å². The van der Waals surface area contributed by atoms with Crippen LogP contribution in [0.3, 0.4) is 0 Å². The lowest BCUT2D eigenvalue weighted by atomic mass is 9.95. The van der Waals surface area contributed by atoms with E-state index in [0.29, 0.717) is 24.3 Å². The lowest BCUT2D eigenvalue weighted by Gasteiger charge is -2.35. The van der Waals surface area contributed by atoms with Crippen LogP contribution >= 0.6 is 0 Å². The van der Waals surface area contributed by atoms with Gasteiger partial charge in [0.1, 0.15) is 0 Å². The molecule has 1 fully saturated rings. The summed E-state index contributed by atoms with van der Waals surface area (Å²) in [5.74, 6) is -0.182. The fraction of sp³-hybridized carbons (Fsp3) is 0.556. The zero-order valence-electron chi connectivity index (χ0n) is 14.6. The molecule has 0 saturated carbocycles. The number of ether oxygens (including phenoxy) is 1. The maximum atomic E-state index is 12.9. The van der Waals surface area contributed by atoms with Gasteiger partial charge < -0.3 is 15.0 Å². The topological polar surface area (TPSA) is 58.6 Å². The van der Waals surface area contributed by atoms with Crippen molar-refractivity contribution in [3.05, 3.63) is 29.8 Å². The van der Waals surface area contributed by atoms with Gasteiger partial charge in [0.25, 0.3) is 5.91 Å². The van der Waals surface area contributed by atoms with E-state index in [0.717, 1.165) is 0 Å². The Labute approximate surface area is 138 Å². The molecule has 0 spiro atoms. The first-order valence-electron chi connectivity index (χ1n) is 8.03. The molecule has 0 aliphatic carbocycles. The second-order valence-corrected chi connectivity index (χ2v) is 7.22. The van der Waals surface area contributed by atoms with Crippen molar-refractivity contribution in [3.8, 4) is 0 Å². The molecule has 2 unspecified atom stereocenters. The Bertz CT molecular complexity index is 582. The molecule has 5 heteroatoms. The minimum Gasteiger partial charge on any atom is -0.372 e. The van der Waals surface area contributed by atoms with Gasteiger partial charge in [-0.15, -0.1) is 0 Å². The predicted molar refractivity (Wildman–Crippen MR) is 90.4 cm³/mol. The van der Waals surface area contributed by atoms with Gasteiger partial charge in [-0.25, -0.2) is 0 Å². The van der Waals surface area contributed by atoms with Gasteiger partial charge in [-0.2, -0.15) is 0 Å². The molecule has 1 aliphatic heterocycles. The Morgan fingerprint density at radius 1 is 1.13 bits per heavy atom. The first kappa shape index (κ1) is 17.5. The number of hydrogen-bond donors (Lipinski definition) is 1. The molecular formula is C18H26N2O3. The summed E-state index contributed by atoms with van der Waals surface area (Å²) in [6.07, 6.45) is 0.0260. The summed E-state index contributed by atoms with van der Waals surface area (Å²) < 4.78 is 5.68. The SMILES string of the molecule is CC1CN(C(=O)c2ccccc2NC(=O)C(C)(C)C)CC(C)O1. The average Bonchev–Trinajstić information content (AvgIpc) is 2.45. The van der Waals surface area contributed by atoms with E-state index < -0.39 is 5.41 Å². The monoisotopic (exact) mass is 318 g/mol. The summed E-state index contributed by atoms with van der Waals surface area (Å²) in [7, 11) is 0. The number of nitrogens with one attached hydrogen (secondary N) is 1. The minimum absolute atomic E-state index is 0.0130. The Morgan fingerprint density at radius 3 is 2.26 bits per heavy atom. The fourth-order valence-electron chi connectivity index (χ4n) is 2.60. The fourth-order valence-corrected chi connectivity index (χ4v) is 2.60. The van der Waals surface area contributed by atoms with E-state index in [-0.39, 0.29) is 24.0 Å². The molecule has 1 N–H and O–H groups in total. The summed E-state index contributed by atoms with van der Waals surface area (Å²) in [5, 5.41) is 2.88. The molecule has 126 valence electrons. The largest absolute Gasteiger partial charge is 0.372 e. The normalized spacial score (nSPS) is 21.9. The summed E-state index contributed by atoms with van der Waals surface area (Å²) in [6.45, 7) is 10.6. The van der Waals surface area contributed by atoms with Crippen molar-refractivity contribution >= 4 is 17.5 Å². The highest BCUT2D eigenvalue weighted by molar-refractivity contribution is 6.04. The number of amides is 2. The molecule has 0 bridgehead atoms. The molecule has 5 nitrogen and oxygen atoms in total. The molecule has 1 saturated heterocycles. The Kier molecular flexibility index (Phi) is 5.09. The number of rotatable bonds is 2. The number of hydrogen-bond acceptors (Lipinski definition) is 3. The van der Waals surface area contributed by atoms with E-state index in [1.54, 1.807) is 17.0 Å². The molecule has 1 heterocycles. The first-order valence-corrected chi connectivity index (χ1v) is 8.03. The van der Waals surface area contributed by atoms with E-state index in [9.17, 15) is 9.59 Å². The molecular weight excluding hydrogens is 292 g/mol. The van der Waals surface area contributed by atoms with Gasteiger partial charge in [0, 0.05) is 18.5 Å². The van der Waals surface area contributed by atoms with Crippen molar-refractivity contribution in [3.63, 3.8) is 0 Å². The highest BCUT2D eigenvalue weighted by atomic mass is 16.5. The summed E-state index contributed by atoms with van der Waals surface area (Å²) >= 11 is 0. The Hall–Kier alpha value is -1.88. The highest BCUT2D eigenvalue weighted by Crippen LogP contribution is 2.23. The van der Waals surface area contributed by atoms with Crippen LogP contribution in [0.4, 0.5) is 5.69 Å². The standard InChI is InChI=1S/C18H26N2O3/c1-12-10-20(11-13(2)23-12)16(21)14-8-6-7-9-15(14)19-17(22)18(3,4)5/h6-9,12-13H,10-11H2,1-5H3,(H,19,22). The summed E-state index contributed by atoms with van der Waals surface area (Å²) in [5.41, 5.74) is 0.564. The third kappa shape index (κ3) is 4.32. The second kappa shape index (κ2) is 6.71. The van der Waals surface area contributed by atoms with Gasteiger partial charge in [-0.3, -0.25) is 9.59 Å². The van der Waals surface area contributed by atoms with Gasteiger partial charge in [0.15, 0.2) is 0 Å². The van der Waals surface area contributed by atoms with Crippen molar-refractivity contribution in [1.29, 1.82) is 0 Å². The van der Waals surface area contributed by atoms with Crippen LogP contribution in [-0.2, 0) is 9.53 Å². The van der Waals surface area contributed by atoms with Gasteiger partial charge in [0.05, 0.1) is 23.5 Å². The molecule has 1 aromatic carbocycles. The number of nitrogens with zero attached hydrogens (tertiary/aromatic N) is 1. The Morgan fingerprint density at radius 2 is 1.70 bits per heavy atom. The average molecular weight is 318 g/mol. The van der Waals surface area contributed by atoms with Crippen molar-refractivity contribution in [2.75, 3.05) is 18.4 Å². The summed E-state index contributed by atoms with van der Waals surface area (Å²) in [4.78, 5) is 26.9. The van der Waals surface area contributed by atoms with Gasteiger partial charge >= 0.3 is 0 Å². The maximum absolute atomic E-state index is 12.9. The van der Waals surface area contributed by atoms with Crippen LogP contribution in [0.15, 0.2) is 24.3 Å². The van der Waals surface area contributed by atoms with Crippen LogP contribution in [0.1, 0.15) is 45.0 Å². The molecule has 1 aliphatic rings. The third-order valence-corrected chi connectivity index (χ3v) is 3.79. The van der Waals surface area contributed by atoms with Crippen LogP contribution in [0.25, 0.3) is 0 Å². The van der Waals surface area contributed by atoms with Crippen molar-refractivity contribution in [1.82, 2.24) is 4.90 Å². The number of anilines is 1. The van der Waals surface area contributed by atoms with E-state index in [1.165, 1.54) is 0 Å². The van der Waals surface area contributed by atoms with E-state index >= 15 is 0 Å². The smallest absolute Gasteiger partial charge is 0.256 e. The maximum Gasteiger partial charge on any atom is 0.256 e. The van der Waals surface area contributed by atoms with Crippen molar-refractivity contribution in [2.45, 2.75) is 46.8 Å². The molecule has 2 atom stereocenters. The first-order chi connectivity index (χ1) is 10.7. The van der Waals surface area contributed by atoms with E-state index in [4.69, 9.17) is 4.74 Å². The second-order valence-electron chi connectivity index (χ2n) is 7.22. The quantitative estimate of drug-likeness (QED) is 0.912. The molecule has 2 amide bonds. The van der Waals surface area contributed by atoms with Crippen molar-refractivity contribution < 1.29 is 14.3 Å². The molecule has 0 radical (unpaired) electrons. The van der Waals surface area contributed by atoms with E-state index in [2.05, 4.69) is 5.32 Å². The zero-order valence-corrected chi connectivity index (χ0v) is 14.6.